The second kappa shape index (κ2) is 8.34. The maximum absolute atomic E-state index is 10.4. The third-order valence-corrected chi connectivity index (χ3v) is 4.91. The zero-order valence-electron chi connectivity index (χ0n) is 15.7. The summed E-state index contributed by atoms with van der Waals surface area (Å²) in [5.41, 5.74) is 2.91. The van der Waals surface area contributed by atoms with Gasteiger partial charge in [-0.2, -0.15) is 5.26 Å². The maximum Gasteiger partial charge on any atom is 0.181 e. The van der Waals surface area contributed by atoms with Crippen LogP contribution in [0.25, 0.3) is 0 Å². The molecule has 2 heterocycles. The molecule has 0 radical (unpaired) electrons. The average molecular weight is 388 g/mol. The van der Waals surface area contributed by atoms with Crippen LogP contribution in [-0.2, 0) is 11.2 Å². The lowest BCUT2D eigenvalue weighted by atomic mass is 9.97. The first-order chi connectivity index (χ1) is 13.4. The van der Waals surface area contributed by atoms with Gasteiger partial charge in [-0.3, -0.25) is 0 Å². The van der Waals surface area contributed by atoms with Gasteiger partial charge in [0.25, 0.3) is 0 Å². The van der Waals surface area contributed by atoms with Gasteiger partial charge in [0.2, 0.25) is 0 Å². The molecule has 9 heteroatoms. The lowest BCUT2D eigenvalue weighted by Crippen LogP contribution is -2.56. The van der Waals surface area contributed by atoms with E-state index < -0.39 is 37.3 Å². The molecule has 1 aliphatic heterocycles. The highest BCUT2D eigenvalue weighted by atomic mass is 16.6. The minimum atomic E-state index is -1.48. The molecule has 0 aliphatic carbocycles. The Kier molecular flexibility index (Phi) is 6.07. The summed E-state index contributed by atoms with van der Waals surface area (Å²) >= 11 is 0. The van der Waals surface area contributed by atoms with Crippen LogP contribution in [0, 0.1) is 11.3 Å². The Hall–Kier alpha value is -2.35. The minimum Gasteiger partial charge on any atom is -0.394 e. The van der Waals surface area contributed by atoms with Crippen LogP contribution in [-0.4, -0.2) is 66.4 Å². The molecule has 3 rings (SSSR count). The first-order valence-electron chi connectivity index (χ1n) is 9.10. The number of benzene rings is 1. The number of nitriles is 1. The van der Waals surface area contributed by atoms with Gasteiger partial charge in [-0.15, -0.1) is 5.10 Å². The van der Waals surface area contributed by atoms with Gasteiger partial charge in [0, 0.05) is 6.42 Å². The van der Waals surface area contributed by atoms with Crippen molar-refractivity contribution in [1.82, 2.24) is 15.0 Å². The molecule has 1 aliphatic rings. The number of aliphatic hydroxyl groups is 4. The minimum absolute atomic E-state index is 0.0178. The van der Waals surface area contributed by atoms with E-state index in [1.165, 1.54) is 4.68 Å². The summed E-state index contributed by atoms with van der Waals surface area (Å²) in [6.07, 6.45) is -5.98. The number of nitrogens with zero attached hydrogens (tertiary/aromatic N) is 4. The topological polar surface area (TPSA) is 145 Å². The molecule has 150 valence electrons. The largest absolute Gasteiger partial charge is 0.394 e. The molecule has 0 amide bonds. The fourth-order valence-electron chi connectivity index (χ4n) is 3.42. The van der Waals surface area contributed by atoms with Crippen molar-refractivity contribution in [1.29, 1.82) is 5.26 Å². The predicted molar refractivity (Wildman–Crippen MR) is 97.1 cm³/mol. The van der Waals surface area contributed by atoms with Gasteiger partial charge in [-0.05, 0) is 23.6 Å². The lowest BCUT2D eigenvalue weighted by Gasteiger charge is -2.40. The molecule has 0 bridgehead atoms. The third kappa shape index (κ3) is 3.78. The van der Waals surface area contributed by atoms with Crippen molar-refractivity contribution in [3.05, 3.63) is 46.8 Å². The fraction of sp³-hybridized carbons (Fsp3) is 0.526. The van der Waals surface area contributed by atoms with Gasteiger partial charge in [-0.25, -0.2) is 4.68 Å². The number of aliphatic hydroxyl groups excluding tert-OH is 4. The van der Waals surface area contributed by atoms with Crippen molar-refractivity contribution in [3.63, 3.8) is 0 Å². The van der Waals surface area contributed by atoms with Crippen molar-refractivity contribution in [2.75, 3.05) is 6.61 Å². The number of hydrogen-bond donors (Lipinski definition) is 4. The van der Waals surface area contributed by atoms with Gasteiger partial charge in [-0.1, -0.05) is 31.2 Å². The van der Waals surface area contributed by atoms with Gasteiger partial charge in [0.05, 0.1) is 29.6 Å². The molecule has 4 N–H and O–H groups in total. The molecule has 0 spiro atoms. The van der Waals surface area contributed by atoms with Crippen LogP contribution in [0.1, 0.15) is 48.5 Å². The lowest BCUT2D eigenvalue weighted by molar-refractivity contribution is -0.254. The van der Waals surface area contributed by atoms with Crippen molar-refractivity contribution in [2.24, 2.45) is 0 Å². The highest BCUT2D eigenvalue weighted by Gasteiger charge is 2.45. The van der Waals surface area contributed by atoms with Crippen LogP contribution in [0.4, 0.5) is 0 Å². The number of rotatable bonds is 5. The molecule has 2 aromatic rings. The van der Waals surface area contributed by atoms with Crippen molar-refractivity contribution < 1.29 is 25.2 Å². The van der Waals surface area contributed by atoms with E-state index in [2.05, 4.69) is 16.4 Å². The Labute approximate surface area is 162 Å². The van der Waals surface area contributed by atoms with Crippen LogP contribution in [0.5, 0.6) is 0 Å². The molecule has 0 saturated carbocycles. The monoisotopic (exact) mass is 388 g/mol. The normalized spacial score (nSPS) is 27.7. The zero-order chi connectivity index (χ0) is 20.4. The van der Waals surface area contributed by atoms with Crippen LogP contribution < -0.4 is 0 Å². The molecular weight excluding hydrogens is 364 g/mol. The quantitative estimate of drug-likeness (QED) is 0.553. The summed E-state index contributed by atoms with van der Waals surface area (Å²) in [6.45, 7) is 3.38. The number of hydrogen-bond acceptors (Lipinski definition) is 8. The summed E-state index contributed by atoms with van der Waals surface area (Å²) < 4.78 is 7.02. The molecular formula is C19H24N4O5. The summed E-state index contributed by atoms with van der Waals surface area (Å²) in [4.78, 5) is 0. The van der Waals surface area contributed by atoms with Gasteiger partial charge >= 0.3 is 0 Å². The molecule has 1 aromatic carbocycles. The standard InChI is InChI=1S/C19H24N4O5/c1-10(2)15-13(7-11-3-5-12(8-20)6-4-11)21-22-23(15)19-18(27)17(26)16(25)14(9-24)28-19/h3-6,10,14,16-19,24-27H,7,9H2,1-2H3/t14-,16-,17+,18-,19-/m1/s1. The molecule has 1 saturated heterocycles. The SMILES string of the molecule is CC(C)c1c(Cc2ccc(C#N)cc2)nnn1[C@@H]1O[C@H](CO)[C@@H](O)[C@H](O)[C@H]1O. The second-order valence-corrected chi connectivity index (χ2v) is 7.23. The van der Waals surface area contributed by atoms with Crippen molar-refractivity contribution in [3.8, 4) is 6.07 Å². The van der Waals surface area contributed by atoms with E-state index >= 15 is 0 Å². The fourth-order valence-corrected chi connectivity index (χ4v) is 3.42. The molecule has 0 unspecified atom stereocenters. The Bertz CT molecular complexity index is 843. The van der Waals surface area contributed by atoms with Gasteiger partial charge in [0.15, 0.2) is 6.23 Å². The van der Waals surface area contributed by atoms with E-state index in [4.69, 9.17) is 10.00 Å². The first kappa shape index (κ1) is 20.4. The van der Waals surface area contributed by atoms with Crippen molar-refractivity contribution in [2.45, 2.75) is 56.8 Å². The van der Waals surface area contributed by atoms with E-state index in [0.717, 1.165) is 5.56 Å². The molecule has 9 nitrogen and oxygen atoms in total. The van der Waals surface area contributed by atoms with Crippen LogP contribution in [0.3, 0.4) is 0 Å². The number of ether oxygens (including phenoxy) is 1. The smallest absolute Gasteiger partial charge is 0.181 e. The summed E-state index contributed by atoms with van der Waals surface area (Å²) in [6, 6.07) is 9.22. The van der Waals surface area contributed by atoms with Crippen LogP contribution in [0.15, 0.2) is 24.3 Å². The van der Waals surface area contributed by atoms with E-state index in [1.54, 1.807) is 12.1 Å². The highest BCUT2D eigenvalue weighted by Crippen LogP contribution is 2.31. The zero-order valence-corrected chi connectivity index (χ0v) is 15.7. The second-order valence-electron chi connectivity index (χ2n) is 7.23. The maximum atomic E-state index is 10.4. The highest BCUT2D eigenvalue weighted by molar-refractivity contribution is 5.34. The van der Waals surface area contributed by atoms with E-state index in [9.17, 15) is 20.4 Å². The van der Waals surface area contributed by atoms with E-state index in [0.29, 0.717) is 23.4 Å². The third-order valence-electron chi connectivity index (χ3n) is 4.91. The predicted octanol–water partition coefficient (Wildman–Crippen LogP) is -0.164. The summed E-state index contributed by atoms with van der Waals surface area (Å²) in [7, 11) is 0. The molecule has 1 fully saturated rings. The molecule has 1 aromatic heterocycles. The Balaban J connectivity index is 1.93. The summed E-state index contributed by atoms with van der Waals surface area (Å²) in [5, 5.41) is 57.1. The van der Waals surface area contributed by atoms with Crippen LogP contribution >= 0.6 is 0 Å². The number of aromatic nitrogens is 3. The average Bonchev–Trinajstić information content (AvgIpc) is 3.10. The molecule has 28 heavy (non-hydrogen) atoms. The Morgan fingerprint density at radius 1 is 1.14 bits per heavy atom. The summed E-state index contributed by atoms with van der Waals surface area (Å²) in [5.74, 6) is -0.0178. The molecule has 5 atom stereocenters. The van der Waals surface area contributed by atoms with Gasteiger partial charge < -0.3 is 25.2 Å². The van der Waals surface area contributed by atoms with Crippen LogP contribution in [0.2, 0.25) is 0 Å². The first-order valence-corrected chi connectivity index (χ1v) is 9.10. The van der Waals surface area contributed by atoms with E-state index in [1.807, 2.05) is 26.0 Å². The van der Waals surface area contributed by atoms with Crippen molar-refractivity contribution >= 4 is 0 Å². The Morgan fingerprint density at radius 2 is 1.82 bits per heavy atom. The Morgan fingerprint density at radius 3 is 2.39 bits per heavy atom. The van der Waals surface area contributed by atoms with E-state index in [-0.39, 0.29) is 5.92 Å². The van der Waals surface area contributed by atoms with Gasteiger partial charge in [0.1, 0.15) is 24.4 Å².